The molecule has 0 aromatic heterocycles. The summed E-state index contributed by atoms with van der Waals surface area (Å²) in [5, 5.41) is 0. The van der Waals surface area contributed by atoms with Crippen molar-refractivity contribution >= 4 is 15.9 Å². The van der Waals surface area contributed by atoms with Crippen LogP contribution in [0.1, 0.15) is 31.9 Å². The Balaban J connectivity index is 2.29. The van der Waals surface area contributed by atoms with Gasteiger partial charge in [0.1, 0.15) is 5.75 Å². The first-order chi connectivity index (χ1) is 9.39. The number of hydrogen-bond donors (Lipinski definition) is 1. The summed E-state index contributed by atoms with van der Waals surface area (Å²) in [5.74, 6) is 0.869. The van der Waals surface area contributed by atoms with Gasteiger partial charge in [-0.2, -0.15) is 0 Å². The predicted molar refractivity (Wildman–Crippen MR) is 87.0 cm³/mol. The molecule has 0 saturated heterocycles. The van der Waals surface area contributed by atoms with Crippen LogP contribution in [0.15, 0.2) is 53.0 Å². The second-order valence-corrected chi connectivity index (χ2v) is 6.32. The van der Waals surface area contributed by atoms with E-state index in [0.717, 1.165) is 21.3 Å². The number of benzene rings is 2. The van der Waals surface area contributed by atoms with E-state index >= 15 is 0 Å². The van der Waals surface area contributed by atoms with Gasteiger partial charge in [-0.1, -0.05) is 40.2 Å². The lowest BCUT2D eigenvalue weighted by Gasteiger charge is -2.26. The SMILES string of the molecule is CC(C)Oc1ccc(C(C)(N)c2cccc(Br)c2)cc1. The van der Waals surface area contributed by atoms with Gasteiger partial charge < -0.3 is 10.5 Å². The zero-order valence-electron chi connectivity index (χ0n) is 12.1. The van der Waals surface area contributed by atoms with Gasteiger partial charge in [0.05, 0.1) is 11.6 Å². The van der Waals surface area contributed by atoms with Crippen LogP contribution in [0, 0.1) is 0 Å². The van der Waals surface area contributed by atoms with Crippen molar-refractivity contribution in [3.8, 4) is 5.75 Å². The van der Waals surface area contributed by atoms with Crippen LogP contribution in [0.2, 0.25) is 0 Å². The van der Waals surface area contributed by atoms with E-state index in [1.54, 1.807) is 0 Å². The first kappa shape index (κ1) is 15.1. The summed E-state index contributed by atoms with van der Waals surface area (Å²) in [7, 11) is 0. The van der Waals surface area contributed by atoms with Crippen molar-refractivity contribution in [2.45, 2.75) is 32.4 Å². The molecule has 0 spiro atoms. The molecule has 2 aromatic rings. The molecule has 2 N–H and O–H groups in total. The van der Waals surface area contributed by atoms with Gasteiger partial charge >= 0.3 is 0 Å². The summed E-state index contributed by atoms with van der Waals surface area (Å²) < 4.78 is 6.69. The minimum atomic E-state index is -0.528. The maximum atomic E-state index is 6.52. The van der Waals surface area contributed by atoms with Gasteiger partial charge in [0.2, 0.25) is 0 Å². The van der Waals surface area contributed by atoms with Crippen LogP contribution in [0.4, 0.5) is 0 Å². The molecule has 0 bridgehead atoms. The highest BCUT2D eigenvalue weighted by atomic mass is 79.9. The van der Waals surface area contributed by atoms with E-state index in [1.165, 1.54) is 0 Å². The Labute approximate surface area is 129 Å². The highest BCUT2D eigenvalue weighted by Gasteiger charge is 2.23. The molecule has 2 aromatic carbocycles. The Kier molecular flexibility index (Phi) is 4.51. The molecule has 0 amide bonds. The minimum absolute atomic E-state index is 0.176. The molecular formula is C17H20BrNO. The van der Waals surface area contributed by atoms with Crippen LogP contribution in [-0.4, -0.2) is 6.10 Å². The molecule has 20 heavy (non-hydrogen) atoms. The Morgan fingerprint density at radius 3 is 2.25 bits per heavy atom. The molecule has 0 aliphatic rings. The minimum Gasteiger partial charge on any atom is -0.491 e. The second kappa shape index (κ2) is 5.98. The summed E-state index contributed by atoms with van der Waals surface area (Å²) in [4.78, 5) is 0. The van der Waals surface area contributed by atoms with Crippen molar-refractivity contribution in [3.63, 3.8) is 0 Å². The zero-order chi connectivity index (χ0) is 14.8. The first-order valence-electron chi connectivity index (χ1n) is 6.71. The molecular weight excluding hydrogens is 314 g/mol. The summed E-state index contributed by atoms with van der Waals surface area (Å²) in [6.07, 6.45) is 0.176. The van der Waals surface area contributed by atoms with Crippen LogP contribution in [0.25, 0.3) is 0 Å². The highest BCUT2D eigenvalue weighted by Crippen LogP contribution is 2.29. The van der Waals surface area contributed by atoms with E-state index in [9.17, 15) is 0 Å². The lowest BCUT2D eigenvalue weighted by Crippen LogP contribution is -2.34. The maximum Gasteiger partial charge on any atom is 0.119 e. The van der Waals surface area contributed by atoms with E-state index in [4.69, 9.17) is 10.5 Å². The third kappa shape index (κ3) is 3.41. The fourth-order valence-electron chi connectivity index (χ4n) is 2.13. The first-order valence-corrected chi connectivity index (χ1v) is 7.51. The summed E-state index contributed by atoms with van der Waals surface area (Å²) in [5.41, 5.74) is 8.13. The number of nitrogens with two attached hydrogens (primary N) is 1. The van der Waals surface area contributed by atoms with Crippen molar-refractivity contribution in [1.82, 2.24) is 0 Å². The van der Waals surface area contributed by atoms with Crippen LogP contribution >= 0.6 is 15.9 Å². The summed E-state index contributed by atoms with van der Waals surface area (Å²) in [6.45, 7) is 6.05. The molecule has 2 rings (SSSR count). The maximum absolute atomic E-state index is 6.52. The molecule has 3 heteroatoms. The monoisotopic (exact) mass is 333 g/mol. The van der Waals surface area contributed by atoms with Gasteiger partial charge in [0.25, 0.3) is 0 Å². The van der Waals surface area contributed by atoms with Crippen LogP contribution in [-0.2, 0) is 5.54 Å². The fourth-order valence-corrected chi connectivity index (χ4v) is 2.53. The molecule has 106 valence electrons. The number of hydrogen-bond acceptors (Lipinski definition) is 2. The quantitative estimate of drug-likeness (QED) is 0.896. The van der Waals surface area contributed by atoms with Crippen LogP contribution < -0.4 is 10.5 Å². The smallest absolute Gasteiger partial charge is 0.119 e. The predicted octanol–water partition coefficient (Wildman–Crippen LogP) is 4.46. The van der Waals surface area contributed by atoms with Crippen molar-refractivity contribution < 1.29 is 4.74 Å². The van der Waals surface area contributed by atoms with Crippen molar-refractivity contribution in [2.24, 2.45) is 5.73 Å². The molecule has 0 saturated carbocycles. The molecule has 0 fully saturated rings. The Morgan fingerprint density at radius 1 is 1.05 bits per heavy atom. The Morgan fingerprint density at radius 2 is 1.70 bits per heavy atom. The molecule has 0 aliphatic heterocycles. The van der Waals surface area contributed by atoms with Crippen LogP contribution in [0.5, 0.6) is 5.75 Å². The molecule has 0 heterocycles. The van der Waals surface area contributed by atoms with E-state index in [2.05, 4.69) is 22.0 Å². The number of halogens is 1. The molecule has 1 atom stereocenters. The van der Waals surface area contributed by atoms with E-state index in [1.807, 2.05) is 63.2 Å². The average Bonchev–Trinajstić information content (AvgIpc) is 2.38. The summed E-state index contributed by atoms with van der Waals surface area (Å²) in [6, 6.07) is 16.1. The normalized spacial score (nSPS) is 14.1. The Hall–Kier alpha value is -1.32. The number of rotatable bonds is 4. The molecule has 1 unspecified atom stereocenters. The van der Waals surface area contributed by atoms with Crippen molar-refractivity contribution in [2.75, 3.05) is 0 Å². The van der Waals surface area contributed by atoms with Gasteiger partial charge in [0.15, 0.2) is 0 Å². The lowest BCUT2D eigenvalue weighted by molar-refractivity contribution is 0.242. The number of ether oxygens (including phenoxy) is 1. The van der Waals surface area contributed by atoms with Crippen molar-refractivity contribution in [3.05, 3.63) is 64.1 Å². The third-order valence-electron chi connectivity index (χ3n) is 3.25. The Bertz CT molecular complexity index is 576. The van der Waals surface area contributed by atoms with E-state index in [-0.39, 0.29) is 6.10 Å². The van der Waals surface area contributed by atoms with Gasteiger partial charge in [-0.25, -0.2) is 0 Å². The van der Waals surface area contributed by atoms with Crippen molar-refractivity contribution in [1.29, 1.82) is 0 Å². The standard InChI is InChI=1S/C17H20BrNO/c1-12(2)20-16-9-7-13(8-10-16)17(3,19)14-5-4-6-15(18)11-14/h4-12H,19H2,1-3H3. The summed E-state index contributed by atoms with van der Waals surface area (Å²) >= 11 is 3.49. The molecule has 0 aliphatic carbocycles. The van der Waals surface area contributed by atoms with Gasteiger partial charge in [-0.15, -0.1) is 0 Å². The van der Waals surface area contributed by atoms with E-state index < -0.39 is 5.54 Å². The highest BCUT2D eigenvalue weighted by molar-refractivity contribution is 9.10. The lowest BCUT2D eigenvalue weighted by atomic mass is 9.86. The third-order valence-corrected chi connectivity index (χ3v) is 3.74. The average molecular weight is 334 g/mol. The van der Waals surface area contributed by atoms with Gasteiger partial charge in [-0.05, 0) is 56.2 Å². The molecule has 2 nitrogen and oxygen atoms in total. The topological polar surface area (TPSA) is 35.2 Å². The zero-order valence-corrected chi connectivity index (χ0v) is 13.6. The van der Waals surface area contributed by atoms with Gasteiger partial charge in [0, 0.05) is 4.47 Å². The second-order valence-electron chi connectivity index (χ2n) is 5.40. The largest absolute Gasteiger partial charge is 0.491 e. The van der Waals surface area contributed by atoms with Gasteiger partial charge in [-0.3, -0.25) is 0 Å². The fraction of sp³-hybridized carbons (Fsp3) is 0.294. The molecule has 0 radical (unpaired) electrons. The van der Waals surface area contributed by atoms with E-state index in [0.29, 0.717) is 0 Å². The van der Waals surface area contributed by atoms with Crippen LogP contribution in [0.3, 0.4) is 0 Å².